The van der Waals surface area contributed by atoms with Gasteiger partial charge in [-0.2, -0.15) is 5.10 Å². The molecule has 0 radical (unpaired) electrons. The van der Waals surface area contributed by atoms with Gasteiger partial charge in [0.15, 0.2) is 11.5 Å². The van der Waals surface area contributed by atoms with Gasteiger partial charge < -0.3 is 10.2 Å². The summed E-state index contributed by atoms with van der Waals surface area (Å²) in [4.78, 5) is 12.1. The van der Waals surface area contributed by atoms with E-state index in [0.717, 1.165) is 41.3 Å². The molecule has 0 saturated carbocycles. The highest BCUT2D eigenvalue weighted by Crippen LogP contribution is 2.30. The van der Waals surface area contributed by atoms with E-state index in [0.29, 0.717) is 17.9 Å². The molecule has 3 aromatic heterocycles. The van der Waals surface area contributed by atoms with Gasteiger partial charge in [-0.3, -0.25) is 10.1 Å². The van der Waals surface area contributed by atoms with Gasteiger partial charge in [0.25, 0.3) is 0 Å². The third-order valence-corrected chi connectivity index (χ3v) is 5.45. The molecular weight excluding hydrogens is 360 g/mol. The fourth-order valence-corrected chi connectivity index (χ4v) is 4.27. The van der Waals surface area contributed by atoms with E-state index in [1.54, 1.807) is 0 Å². The average Bonchev–Trinajstić information content (AvgIpc) is 3.07. The fourth-order valence-electron chi connectivity index (χ4n) is 4.27. The molecule has 3 aromatic rings. The second kappa shape index (κ2) is 8.11. The van der Waals surface area contributed by atoms with E-state index >= 15 is 0 Å². The number of anilines is 1. The topological polar surface area (TPSA) is 69.7 Å². The summed E-state index contributed by atoms with van der Waals surface area (Å²) < 4.78 is 0. The van der Waals surface area contributed by atoms with Crippen molar-refractivity contribution in [1.82, 2.24) is 25.1 Å². The number of piperidine rings is 1. The third kappa shape index (κ3) is 4.93. The SMILES string of the molecule is Cc1cccc(CNc2n[nH]c3nc([C@@H]4CCCN(CC(C)(C)C)C4)ccc23)n1. The minimum absolute atomic E-state index is 0.329. The summed E-state index contributed by atoms with van der Waals surface area (Å²) in [5, 5.41) is 12.0. The van der Waals surface area contributed by atoms with Crippen LogP contribution in [0.25, 0.3) is 11.0 Å². The Kier molecular flexibility index (Phi) is 5.54. The number of pyridine rings is 2. The Morgan fingerprint density at radius 1 is 1.17 bits per heavy atom. The van der Waals surface area contributed by atoms with E-state index in [9.17, 15) is 0 Å². The number of likely N-dealkylation sites (tertiary alicyclic amines) is 1. The highest BCUT2D eigenvalue weighted by atomic mass is 15.2. The van der Waals surface area contributed by atoms with Crippen LogP contribution in [0.5, 0.6) is 0 Å². The Hall–Kier alpha value is -2.47. The first-order valence-corrected chi connectivity index (χ1v) is 10.6. The molecule has 154 valence electrons. The molecule has 1 atom stereocenters. The van der Waals surface area contributed by atoms with Gasteiger partial charge in [-0.1, -0.05) is 26.8 Å². The number of rotatable bonds is 5. The maximum absolute atomic E-state index is 4.92. The first kappa shape index (κ1) is 19.8. The minimum atomic E-state index is 0.329. The molecule has 6 heteroatoms. The lowest BCUT2D eigenvalue weighted by molar-refractivity contribution is 0.150. The second-order valence-electron chi connectivity index (χ2n) is 9.46. The maximum Gasteiger partial charge on any atom is 0.157 e. The molecule has 0 aliphatic carbocycles. The van der Waals surface area contributed by atoms with Crippen molar-refractivity contribution in [1.29, 1.82) is 0 Å². The van der Waals surface area contributed by atoms with Crippen LogP contribution in [0.2, 0.25) is 0 Å². The first-order chi connectivity index (χ1) is 13.9. The summed E-state index contributed by atoms with van der Waals surface area (Å²) in [7, 11) is 0. The van der Waals surface area contributed by atoms with Gasteiger partial charge in [0.2, 0.25) is 0 Å². The summed E-state index contributed by atoms with van der Waals surface area (Å²) in [6, 6.07) is 10.4. The number of hydrogen-bond acceptors (Lipinski definition) is 5. The van der Waals surface area contributed by atoms with Crippen LogP contribution in [0.3, 0.4) is 0 Å². The number of H-pyrrole nitrogens is 1. The van der Waals surface area contributed by atoms with E-state index in [-0.39, 0.29) is 0 Å². The van der Waals surface area contributed by atoms with Gasteiger partial charge >= 0.3 is 0 Å². The van der Waals surface area contributed by atoms with E-state index in [4.69, 9.17) is 4.98 Å². The summed E-state index contributed by atoms with van der Waals surface area (Å²) in [6.45, 7) is 13.0. The van der Waals surface area contributed by atoms with Crippen molar-refractivity contribution in [2.75, 3.05) is 25.0 Å². The van der Waals surface area contributed by atoms with Gasteiger partial charge in [0, 0.05) is 30.4 Å². The Morgan fingerprint density at radius 3 is 2.83 bits per heavy atom. The molecular formula is C23H32N6. The van der Waals surface area contributed by atoms with Crippen molar-refractivity contribution < 1.29 is 0 Å². The van der Waals surface area contributed by atoms with Crippen LogP contribution in [-0.2, 0) is 6.54 Å². The van der Waals surface area contributed by atoms with Crippen molar-refractivity contribution in [3.63, 3.8) is 0 Å². The zero-order valence-electron chi connectivity index (χ0n) is 18.0. The van der Waals surface area contributed by atoms with Crippen molar-refractivity contribution in [2.45, 2.75) is 53.0 Å². The predicted octanol–water partition coefficient (Wildman–Crippen LogP) is 4.50. The van der Waals surface area contributed by atoms with Gasteiger partial charge in [0.1, 0.15) is 0 Å². The van der Waals surface area contributed by atoms with Crippen molar-refractivity contribution in [2.24, 2.45) is 5.41 Å². The summed E-state index contributed by atoms with van der Waals surface area (Å²) in [6.07, 6.45) is 2.44. The number of fused-ring (bicyclic) bond motifs is 1. The number of aryl methyl sites for hydroxylation is 1. The molecule has 0 spiro atoms. The second-order valence-corrected chi connectivity index (χ2v) is 9.46. The van der Waals surface area contributed by atoms with Crippen LogP contribution >= 0.6 is 0 Å². The maximum atomic E-state index is 4.92. The average molecular weight is 393 g/mol. The van der Waals surface area contributed by atoms with Crippen molar-refractivity contribution in [3.05, 3.63) is 47.4 Å². The van der Waals surface area contributed by atoms with Crippen LogP contribution in [0, 0.1) is 12.3 Å². The normalized spacial score (nSPS) is 18.3. The standard InChI is InChI=1S/C23H32N6/c1-16-7-5-9-18(25-16)13-24-21-19-10-11-20(26-22(19)28-27-21)17-8-6-12-29(14-17)15-23(2,3)4/h5,7,9-11,17H,6,8,12-15H2,1-4H3,(H2,24,26,27,28)/t17-/m1/s1. The highest BCUT2D eigenvalue weighted by Gasteiger charge is 2.25. The number of nitrogens with zero attached hydrogens (tertiary/aromatic N) is 4. The van der Waals surface area contributed by atoms with E-state index in [1.807, 2.05) is 25.1 Å². The third-order valence-electron chi connectivity index (χ3n) is 5.45. The van der Waals surface area contributed by atoms with E-state index < -0.39 is 0 Å². The zero-order valence-corrected chi connectivity index (χ0v) is 18.0. The Balaban J connectivity index is 1.46. The molecule has 1 aliphatic heterocycles. The first-order valence-electron chi connectivity index (χ1n) is 10.6. The molecule has 1 aliphatic rings. The summed E-state index contributed by atoms with van der Waals surface area (Å²) in [5.74, 6) is 1.33. The molecule has 0 aromatic carbocycles. The van der Waals surface area contributed by atoms with Crippen molar-refractivity contribution >= 4 is 16.9 Å². The number of nitrogens with one attached hydrogen (secondary N) is 2. The monoisotopic (exact) mass is 392 g/mol. The Labute approximate surface area is 173 Å². The smallest absolute Gasteiger partial charge is 0.157 e. The highest BCUT2D eigenvalue weighted by molar-refractivity contribution is 5.87. The van der Waals surface area contributed by atoms with Crippen LogP contribution < -0.4 is 5.32 Å². The molecule has 4 rings (SSSR count). The molecule has 6 nitrogen and oxygen atoms in total. The van der Waals surface area contributed by atoms with Crippen LogP contribution in [-0.4, -0.2) is 44.7 Å². The van der Waals surface area contributed by atoms with Crippen LogP contribution in [0.1, 0.15) is 56.6 Å². The fraction of sp³-hybridized carbons (Fsp3) is 0.522. The lowest BCUT2D eigenvalue weighted by Crippen LogP contribution is -2.39. The zero-order chi connectivity index (χ0) is 20.4. The van der Waals surface area contributed by atoms with Crippen molar-refractivity contribution in [3.8, 4) is 0 Å². The summed E-state index contributed by atoms with van der Waals surface area (Å²) >= 11 is 0. The number of aromatic nitrogens is 4. The molecule has 1 saturated heterocycles. The quantitative estimate of drug-likeness (QED) is 0.669. The largest absolute Gasteiger partial charge is 0.362 e. The summed E-state index contributed by atoms with van der Waals surface area (Å²) in [5.41, 5.74) is 4.39. The van der Waals surface area contributed by atoms with E-state index in [1.165, 1.54) is 25.1 Å². The molecule has 4 heterocycles. The Morgan fingerprint density at radius 2 is 2.03 bits per heavy atom. The lowest BCUT2D eigenvalue weighted by atomic mass is 9.90. The molecule has 2 N–H and O–H groups in total. The van der Waals surface area contributed by atoms with Gasteiger partial charge in [0.05, 0.1) is 17.6 Å². The molecule has 0 amide bonds. The Bertz CT molecular complexity index is 971. The molecule has 1 fully saturated rings. The van der Waals surface area contributed by atoms with Crippen LogP contribution in [0.4, 0.5) is 5.82 Å². The number of aromatic amines is 1. The van der Waals surface area contributed by atoms with Gasteiger partial charge in [-0.25, -0.2) is 4.98 Å². The number of hydrogen-bond donors (Lipinski definition) is 2. The lowest BCUT2D eigenvalue weighted by Gasteiger charge is -2.36. The predicted molar refractivity (Wildman–Crippen MR) is 118 cm³/mol. The molecule has 29 heavy (non-hydrogen) atoms. The minimum Gasteiger partial charge on any atom is -0.362 e. The molecule has 0 unspecified atom stereocenters. The van der Waals surface area contributed by atoms with Crippen LogP contribution in [0.15, 0.2) is 30.3 Å². The van der Waals surface area contributed by atoms with Gasteiger partial charge in [-0.05, 0) is 56.0 Å². The molecule has 0 bridgehead atoms. The van der Waals surface area contributed by atoms with Gasteiger partial charge in [-0.15, -0.1) is 0 Å². The van der Waals surface area contributed by atoms with E-state index in [2.05, 4.69) is 58.3 Å².